The average Bonchev–Trinajstić information content (AvgIpc) is 2.46. The van der Waals surface area contributed by atoms with Gasteiger partial charge in [0.1, 0.15) is 0 Å². The van der Waals surface area contributed by atoms with E-state index in [1.807, 2.05) is 6.07 Å². The number of phenols is 1. The smallest absolute Gasteiger partial charge is 0.184 e. The molecule has 4 heteroatoms. The van der Waals surface area contributed by atoms with E-state index < -0.39 is 6.29 Å². The molecular weight excluding hydrogens is 280 g/mol. The van der Waals surface area contributed by atoms with Crippen LogP contribution in [0.1, 0.15) is 51.9 Å². The van der Waals surface area contributed by atoms with Gasteiger partial charge in [0.05, 0.1) is 18.8 Å². The first kappa shape index (κ1) is 15.6. The average molecular weight is 306 g/mol. The largest absolute Gasteiger partial charge is 0.504 e. The molecule has 2 fully saturated rings. The summed E-state index contributed by atoms with van der Waals surface area (Å²) in [5, 5.41) is 9.75. The summed E-state index contributed by atoms with van der Waals surface area (Å²) < 4.78 is 17.7. The summed E-state index contributed by atoms with van der Waals surface area (Å²) in [5.74, 6) is 1.72. The zero-order valence-electron chi connectivity index (χ0n) is 13.8. The molecular formula is C18H26O4. The Labute approximate surface area is 132 Å². The predicted molar refractivity (Wildman–Crippen MR) is 83.9 cm³/mol. The standard InChI is InChI=1S/C18H26O4/c1-11-5-7-13-15(9-11)21-17(22-18(13,2)3)12-6-8-14(19)16(10-12)20-4/h6,8,10-11,13,15,17,19H,5,7,9H2,1-4H3/t11-,13-,15-,17?/m1/s1. The summed E-state index contributed by atoms with van der Waals surface area (Å²) >= 11 is 0. The molecule has 2 aliphatic rings. The first-order valence-corrected chi connectivity index (χ1v) is 8.11. The molecule has 1 saturated carbocycles. The Kier molecular flexibility index (Phi) is 4.08. The summed E-state index contributed by atoms with van der Waals surface area (Å²) in [7, 11) is 1.55. The van der Waals surface area contributed by atoms with Crippen molar-refractivity contribution >= 4 is 0 Å². The zero-order valence-corrected chi connectivity index (χ0v) is 13.8. The lowest BCUT2D eigenvalue weighted by atomic mass is 9.72. The van der Waals surface area contributed by atoms with E-state index in [2.05, 4.69) is 20.8 Å². The van der Waals surface area contributed by atoms with Crippen molar-refractivity contribution < 1.29 is 19.3 Å². The number of hydrogen-bond acceptors (Lipinski definition) is 4. The highest BCUT2D eigenvalue weighted by Gasteiger charge is 2.47. The second-order valence-electron chi connectivity index (χ2n) is 7.18. The van der Waals surface area contributed by atoms with Crippen LogP contribution in [0.25, 0.3) is 0 Å². The Balaban J connectivity index is 1.86. The Hall–Kier alpha value is -1.26. The Morgan fingerprint density at radius 3 is 2.77 bits per heavy atom. The van der Waals surface area contributed by atoms with Crippen molar-refractivity contribution in [3.05, 3.63) is 23.8 Å². The molecule has 0 amide bonds. The molecule has 0 spiro atoms. The number of phenolic OH excluding ortho intramolecular Hbond substituents is 1. The first-order valence-electron chi connectivity index (χ1n) is 8.11. The minimum absolute atomic E-state index is 0.130. The van der Waals surface area contributed by atoms with E-state index in [-0.39, 0.29) is 17.5 Å². The molecule has 1 saturated heterocycles. The summed E-state index contributed by atoms with van der Waals surface area (Å²) in [6.07, 6.45) is 3.32. The summed E-state index contributed by atoms with van der Waals surface area (Å²) in [6.45, 7) is 6.61. The van der Waals surface area contributed by atoms with Crippen molar-refractivity contribution in [1.29, 1.82) is 0 Å². The van der Waals surface area contributed by atoms with E-state index in [1.165, 1.54) is 6.42 Å². The molecule has 122 valence electrons. The molecule has 1 aliphatic heterocycles. The minimum atomic E-state index is -0.406. The third-order valence-electron chi connectivity index (χ3n) is 5.13. The Morgan fingerprint density at radius 2 is 2.05 bits per heavy atom. The molecule has 4 nitrogen and oxygen atoms in total. The number of hydrogen-bond donors (Lipinski definition) is 1. The van der Waals surface area contributed by atoms with Crippen LogP contribution in [0.3, 0.4) is 0 Å². The van der Waals surface area contributed by atoms with Gasteiger partial charge in [-0.3, -0.25) is 0 Å². The van der Waals surface area contributed by atoms with Gasteiger partial charge in [0.25, 0.3) is 0 Å². The maximum Gasteiger partial charge on any atom is 0.184 e. The van der Waals surface area contributed by atoms with Crippen molar-refractivity contribution in [3.63, 3.8) is 0 Å². The molecule has 0 aromatic heterocycles. The minimum Gasteiger partial charge on any atom is -0.504 e. The lowest BCUT2D eigenvalue weighted by Gasteiger charge is -2.50. The summed E-state index contributed by atoms with van der Waals surface area (Å²) in [5.41, 5.74) is 0.679. The third kappa shape index (κ3) is 2.82. The van der Waals surface area contributed by atoms with Gasteiger partial charge in [0.2, 0.25) is 0 Å². The van der Waals surface area contributed by atoms with Gasteiger partial charge in [-0.15, -0.1) is 0 Å². The molecule has 3 rings (SSSR count). The molecule has 1 aliphatic carbocycles. The lowest BCUT2D eigenvalue weighted by molar-refractivity contribution is -0.314. The van der Waals surface area contributed by atoms with Crippen LogP contribution in [-0.4, -0.2) is 23.9 Å². The molecule has 1 aromatic rings. The fraction of sp³-hybridized carbons (Fsp3) is 0.667. The van der Waals surface area contributed by atoms with E-state index >= 15 is 0 Å². The number of rotatable bonds is 2. The van der Waals surface area contributed by atoms with Gasteiger partial charge >= 0.3 is 0 Å². The fourth-order valence-corrected chi connectivity index (χ4v) is 3.81. The van der Waals surface area contributed by atoms with Crippen LogP contribution in [0, 0.1) is 11.8 Å². The molecule has 4 atom stereocenters. The number of aromatic hydroxyl groups is 1. The maximum atomic E-state index is 9.75. The van der Waals surface area contributed by atoms with Gasteiger partial charge in [-0.2, -0.15) is 0 Å². The molecule has 0 radical (unpaired) electrons. The highest BCUT2D eigenvalue weighted by molar-refractivity contribution is 5.42. The van der Waals surface area contributed by atoms with E-state index in [4.69, 9.17) is 14.2 Å². The Bertz CT molecular complexity index is 540. The quantitative estimate of drug-likeness (QED) is 0.896. The van der Waals surface area contributed by atoms with E-state index in [0.29, 0.717) is 17.6 Å². The highest BCUT2D eigenvalue weighted by Crippen LogP contribution is 2.47. The molecule has 0 bridgehead atoms. The molecule has 1 N–H and O–H groups in total. The first-order chi connectivity index (χ1) is 10.4. The number of methoxy groups -OCH3 is 1. The zero-order chi connectivity index (χ0) is 15.9. The molecule has 1 unspecified atom stereocenters. The van der Waals surface area contributed by atoms with Crippen molar-refractivity contribution in [2.24, 2.45) is 11.8 Å². The second kappa shape index (κ2) is 5.74. The SMILES string of the molecule is COc1cc(C2O[C@@H]3C[C@H](C)CC[C@H]3C(C)(C)O2)ccc1O. The molecule has 1 heterocycles. The highest BCUT2D eigenvalue weighted by atomic mass is 16.7. The van der Waals surface area contributed by atoms with Crippen molar-refractivity contribution in [3.8, 4) is 11.5 Å². The van der Waals surface area contributed by atoms with Crippen LogP contribution in [-0.2, 0) is 9.47 Å². The van der Waals surface area contributed by atoms with E-state index in [1.54, 1.807) is 19.2 Å². The second-order valence-corrected chi connectivity index (χ2v) is 7.18. The lowest BCUT2D eigenvalue weighted by Crippen LogP contribution is -2.51. The van der Waals surface area contributed by atoms with Crippen molar-refractivity contribution in [2.45, 2.75) is 58.0 Å². The maximum absolute atomic E-state index is 9.75. The summed E-state index contributed by atoms with van der Waals surface area (Å²) in [6, 6.07) is 5.26. The fourth-order valence-electron chi connectivity index (χ4n) is 3.81. The van der Waals surface area contributed by atoms with E-state index in [9.17, 15) is 5.11 Å². The van der Waals surface area contributed by atoms with Crippen molar-refractivity contribution in [1.82, 2.24) is 0 Å². The van der Waals surface area contributed by atoms with Gasteiger partial charge in [0.15, 0.2) is 17.8 Å². The number of ether oxygens (including phenoxy) is 3. The van der Waals surface area contributed by atoms with Crippen LogP contribution in [0.15, 0.2) is 18.2 Å². The molecule has 1 aromatic carbocycles. The van der Waals surface area contributed by atoms with Crippen LogP contribution in [0.4, 0.5) is 0 Å². The van der Waals surface area contributed by atoms with Gasteiger partial charge in [-0.05, 0) is 44.7 Å². The molecule has 22 heavy (non-hydrogen) atoms. The predicted octanol–water partition coefficient (Wildman–Crippen LogP) is 4.03. The van der Waals surface area contributed by atoms with Crippen molar-refractivity contribution in [2.75, 3.05) is 7.11 Å². The van der Waals surface area contributed by atoms with Gasteiger partial charge in [-0.1, -0.05) is 19.4 Å². The van der Waals surface area contributed by atoms with E-state index in [0.717, 1.165) is 18.4 Å². The number of benzene rings is 1. The van der Waals surface area contributed by atoms with Crippen LogP contribution < -0.4 is 4.74 Å². The van der Waals surface area contributed by atoms with Gasteiger partial charge < -0.3 is 19.3 Å². The topological polar surface area (TPSA) is 47.9 Å². The van der Waals surface area contributed by atoms with Gasteiger partial charge in [-0.25, -0.2) is 0 Å². The number of fused-ring (bicyclic) bond motifs is 1. The van der Waals surface area contributed by atoms with Crippen LogP contribution in [0.5, 0.6) is 11.5 Å². The third-order valence-corrected chi connectivity index (χ3v) is 5.13. The van der Waals surface area contributed by atoms with Crippen LogP contribution in [0.2, 0.25) is 0 Å². The van der Waals surface area contributed by atoms with Crippen LogP contribution >= 0.6 is 0 Å². The van der Waals surface area contributed by atoms with Gasteiger partial charge in [0, 0.05) is 11.5 Å². The Morgan fingerprint density at radius 1 is 1.27 bits per heavy atom. The summed E-state index contributed by atoms with van der Waals surface area (Å²) in [4.78, 5) is 0. The normalized spacial score (nSPS) is 34.0. The monoisotopic (exact) mass is 306 g/mol.